The number of nitrogens with zero attached hydrogens (tertiary/aromatic N) is 2. The fourth-order valence-electron chi connectivity index (χ4n) is 2.41. The van der Waals surface area contributed by atoms with Gasteiger partial charge in [-0.15, -0.1) is 0 Å². The maximum Gasteiger partial charge on any atom is 0.0105 e. The minimum absolute atomic E-state index is 0.793. The van der Waals surface area contributed by atoms with Crippen LogP contribution >= 0.6 is 0 Å². The zero-order valence-corrected chi connectivity index (χ0v) is 10.4. The van der Waals surface area contributed by atoms with Gasteiger partial charge < -0.3 is 15.5 Å². The van der Waals surface area contributed by atoms with Gasteiger partial charge in [0.1, 0.15) is 0 Å². The van der Waals surface area contributed by atoms with E-state index in [2.05, 4.69) is 23.6 Å². The third-order valence-electron chi connectivity index (χ3n) is 3.56. The van der Waals surface area contributed by atoms with Crippen molar-refractivity contribution in [1.82, 2.24) is 9.80 Å². The molecule has 1 saturated heterocycles. The number of likely N-dealkylation sites (tertiary alicyclic amines) is 1. The summed E-state index contributed by atoms with van der Waals surface area (Å²) in [6, 6.07) is 0. The molecule has 0 amide bonds. The molecule has 1 rings (SSSR count). The van der Waals surface area contributed by atoms with Crippen molar-refractivity contribution >= 4 is 0 Å². The number of nitrogens with two attached hydrogens (primary N) is 1. The van der Waals surface area contributed by atoms with Crippen molar-refractivity contribution in [2.45, 2.75) is 26.7 Å². The second-order valence-corrected chi connectivity index (χ2v) is 4.56. The number of piperidine rings is 1. The lowest BCUT2D eigenvalue weighted by Crippen LogP contribution is -2.40. The Kier molecular flexibility index (Phi) is 6.22. The van der Waals surface area contributed by atoms with Crippen LogP contribution in [-0.4, -0.2) is 55.6 Å². The van der Waals surface area contributed by atoms with E-state index in [1.54, 1.807) is 0 Å². The standard InChI is InChI=1S/C12H27N3/c1-3-14-8-5-12(6-9-14)11-15(4-2)10-7-13/h12H,3-11,13H2,1-2H3. The van der Waals surface area contributed by atoms with Gasteiger partial charge in [-0.3, -0.25) is 0 Å². The van der Waals surface area contributed by atoms with Gasteiger partial charge in [0, 0.05) is 19.6 Å². The average Bonchev–Trinajstić information content (AvgIpc) is 2.29. The predicted octanol–water partition coefficient (Wildman–Crippen LogP) is 0.999. The Morgan fingerprint density at radius 1 is 1.27 bits per heavy atom. The van der Waals surface area contributed by atoms with Crippen LogP contribution in [0.5, 0.6) is 0 Å². The van der Waals surface area contributed by atoms with Crippen LogP contribution in [0.2, 0.25) is 0 Å². The van der Waals surface area contributed by atoms with Gasteiger partial charge in [-0.25, -0.2) is 0 Å². The Hall–Kier alpha value is -0.120. The first-order valence-electron chi connectivity index (χ1n) is 6.44. The lowest BCUT2D eigenvalue weighted by Gasteiger charge is -2.33. The highest BCUT2D eigenvalue weighted by Gasteiger charge is 2.19. The van der Waals surface area contributed by atoms with Crippen LogP contribution in [0.15, 0.2) is 0 Å². The van der Waals surface area contributed by atoms with Crippen LogP contribution in [0, 0.1) is 5.92 Å². The monoisotopic (exact) mass is 213 g/mol. The van der Waals surface area contributed by atoms with E-state index in [0.29, 0.717) is 0 Å². The molecule has 15 heavy (non-hydrogen) atoms. The molecule has 0 aliphatic carbocycles. The minimum Gasteiger partial charge on any atom is -0.329 e. The largest absolute Gasteiger partial charge is 0.329 e. The van der Waals surface area contributed by atoms with E-state index in [0.717, 1.165) is 25.6 Å². The van der Waals surface area contributed by atoms with Crippen LogP contribution in [0.3, 0.4) is 0 Å². The van der Waals surface area contributed by atoms with Gasteiger partial charge in [0.05, 0.1) is 0 Å². The van der Waals surface area contributed by atoms with Crippen molar-refractivity contribution in [3.8, 4) is 0 Å². The highest BCUT2D eigenvalue weighted by Crippen LogP contribution is 2.17. The van der Waals surface area contributed by atoms with Gasteiger partial charge in [-0.2, -0.15) is 0 Å². The van der Waals surface area contributed by atoms with E-state index < -0.39 is 0 Å². The highest BCUT2D eigenvalue weighted by molar-refractivity contribution is 4.74. The number of hydrogen-bond donors (Lipinski definition) is 1. The summed E-state index contributed by atoms with van der Waals surface area (Å²) < 4.78 is 0. The summed E-state index contributed by atoms with van der Waals surface area (Å²) in [6.45, 7) is 12.5. The van der Waals surface area contributed by atoms with E-state index in [9.17, 15) is 0 Å². The molecule has 2 N–H and O–H groups in total. The maximum atomic E-state index is 5.60. The number of hydrogen-bond acceptors (Lipinski definition) is 3. The molecule has 1 aliphatic rings. The third kappa shape index (κ3) is 4.49. The van der Waals surface area contributed by atoms with E-state index in [1.165, 1.54) is 39.0 Å². The van der Waals surface area contributed by atoms with Crippen LogP contribution in [0.4, 0.5) is 0 Å². The van der Waals surface area contributed by atoms with Crippen molar-refractivity contribution < 1.29 is 0 Å². The molecule has 90 valence electrons. The summed E-state index contributed by atoms with van der Waals surface area (Å²) in [4.78, 5) is 5.04. The first-order valence-corrected chi connectivity index (χ1v) is 6.44. The van der Waals surface area contributed by atoms with E-state index in [1.807, 2.05) is 0 Å². The number of rotatable bonds is 6. The van der Waals surface area contributed by atoms with Gasteiger partial charge in [0.2, 0.25) is 0 Å². The summed E-state index contributed by atoms with van der Waals surface area (Å²) in [6.07, 6.45) is 2.74. The Bertz CT molecular complexity index is 153. The summed E-state index contributed by atoms with van der Waals surface area (Å²) >= 11 is 0. The topological polar surface area (TPSA) is 32.5 Å². The number of likely N-dealkylation sites (N-methyl/N-ethyl adjacent to an activating group) is 1. The maximum absolute atomic E-state index is 5.60. The van der Waals surface area contributed by atoms with Crippen molar-refractivity contribution in [3.63, 3.8) is 0 Å². The average molecular weight is 213 g/mol. The molecule has 3 heteroatoms. The van der Waals surface area contributed by atoms with Gasteiger partial charge in [-0.05, 0) is 44.9 Å². The fourth-order valence-corrected chi connectivity index (χ4v) is 2.41. The van der Waals surface area contributed by atoms with Gasteiger partial charge in [-0.1, -0.05) is 13.8 Å². The molecule has 0 spiro atoms. The van der Waals surface area contributed by atoms with Gasteiger partial charge in [0.25, 0.3) is 0 Å². The summed E-state index contributed by atoms with van der Waals surface area (Å²) in [5.74, 6) is 0.902. The first-order chi connectivity index (χ1) is 7.30. The molecule has 0 bridgehead atoms. The lowest BCUT2D eigenvalue weighted by molar-refractivity contribution is 0.152. The van der Waals surface area contributed by atoms with Crippen molar-refractivity contribution in [3.05, 3.63) is 0 Å². The Morgan fingerprint density at radius 3 is 2.40 bits per heavy atom. The molecule has 0 atom stereocenters. The molecule has 0 aromatic heterocycles. The van der Waals surface area contributed by atoms with Gasteiger partial charge in [0.15, 0.2) is 0 Å². The normalized spacial score (nSPS) is 20.0. The molecular formula is C12H27N3. The molecule has 1 aliphatic heterocycles. The molecule has 1 fully saturated rings. The quantitative estimate of drug-likeness (QED) is 0.714. The Morgan fingerprint density at radius 2 is 1.93 bits per heavy atom. The van der Waals surface area contributed by atoms with E-state index in [4.69, 9.17) is 5.73 Å². The van der Waals surface area contributed by atoms with E-state index in [-0.39, 0.29) is 0 Å². The van der Waals surface area contributed by atoms with Crippen LogP contribution < -0.4 is 5.73 Å². The minimum atomic E-state index is 0.793. The molecular weight excluding hydrogens is 186 g/mol. The summed E-state index contributed by atoms with van der Waals surface area (Å²) in [5, 5.41) is 0. The molecule has 1 heterocycles. The third-order valence-corrected chi connectivity index (χ3v) is 3.56. The Balaban J connectivity index is 2.21. The predicted molar refractivity (Wildman–Crippen MR) is 66.0 cm³/mol. The molecule has 3 nitrogen and oxygen atoms in total. The lowest BCUT2D eigenvalue weighted by atomic mass is 9.96. The smallest absolute Gasteiger partial charge is 0.0105 e. The molecule has 0 aromatic rings. The molecule has 0 radical (unpaired) electrons. The summed E-state index contributed by atoms with van der Waals surface area (Å²) in [5.41, 5.74) is 5.60. The molecule has 0 saturated carbocycles. The zero-order chi connectivity index (χ0) is 11.1. The van der Waals surface area contributed by atoms with Crippen LogP contribution in [0.1, 0.15) is 26.7 Å². The van der Waals surface area contributed by atoms with Crippen LogP contribution in [-0.2, 0) is 0 Å². The molecule has 0 unspecified atom stereocenters. The van der Waals surface area contributed by atoms with E-state index >= 15 is 0 Å². The SMILES string of the molecule is CCN1CCC(CN(CC)CCN)CC1. The van der Waals surface area contributed by atoms with Gasteiger partial charge >= 0.3 is 0 Å². The van der Waals surface area contributed by atoms with Crippen molar-refractivity contribution in [1.29, 1.82) is 0 Å². The van der Waals surface area contributed by atoms with Crippen molar-refractivity contribution in [2.24, 2.45) is 11.7 Å². The Labute approximate surface area is 94.6 Å². The molecule has 0 aromatic carbocycles. The highest BCUT2D eigenvalue weighted by atomic mass is 15.1. The van der Waals surface area contributed by atoms with Crippen molar-refractivity contribution in [2.75, 3.05) is 45.8 Å². The second-order valence-electron chi connectivity index (χ2n) is 4.56. The second kappa shape index (κ2) is 7.20. The van der Waals surface area contributed by atoms with Crippen LogP contribution in [0.25, 0.3) is 0 Å². The summed E-state index contributed by atoms with van der Waals surface area (Å²) in [7, 11) is 0. The zero-order valence-electron chi connectivity index (χ0n) is 10.4. The first kappa shape index (κ1) is 12.9. The fraction of sp³-hybridized carbons (Fsp3) is 1.00.